The van der Waals surface area contributed by atoms with Gasteiger partial charge in [0.1, 0.15) is 0 Å². The van der Waals surface area contributed by atoms with Crippen molar-refractivity contribution in [3.8, 4) is 0 Å². The maximum Gasteiger partial charge on any atom is 0.265 e. The van der Waals surface area contributed by atoms with E-state index >= 15 is 0 Å². The van der Waals surface area contributed by atoms with Crippen LogP contribution in [0.25, 0.3) is 0 Å². The summed E-state index contributed by atoms with van der Waals surface area (Å²) in [5.41, 5.74) is 0.801. The van der Waals surface area contributed by atoms with E-state index in [0.717, 1.165) is 5.57 Å². The fraction of sp³-hybridized carbons (Fsp3) is 0.286. The van der Waals surface area contributed by atoms with Crippen molar-refractivity contribution in [2.45, 2.75) is 6.42 Å². The summed E-state index contributed by atoms with van der Waals surface area (Å²) in [6.45, 7) is 0. The molecule has 1 heterocycles. The first kappa shape index (κ1) is 9.15. The zero-order valence-electron chi connectivity index (χ0n) is 6.34. The third kappa shape index (κ3) is 3.45. The van der Waals surface area contributed by atoms with Gasteiger partial charge >= 0.3 is 0 Å². The molecule has 0 aliphatic carbocycles. The average molecular weight is 187 g/mol. The number of allylic oxidation sites excluding steroid dienone is 3. The van der Waals surface area contributed by atoms with Crippen molar-refractivity contribution >= 4 is 16.3 Å². The quantitative estimate of drug-likeness (QED) is 0.638. The summed E-state index contributed by atoms with van der Waals surface area (Å²) < 4.78 is 29.1. The van der Waals surface area contributed by atoms with Gasteiger partial charge in [-0.05, 0) is 12.5 Å². The third-order valence-electron chi connectivity index (χ3n) is 1.37. The highest BCUT2D eigenvalue weighted by atomic mass is 32.2. The van der Waals surface area contributed by atoms with Gasteiger partial charge in [-0.3, -0.25) is 4.55 Å². The molecule has 0 fully saturated rings. The minimum absolute atomic E-state index is 0.251. The van der Waals surface area contributed by atoms with E-state index in [1.807, 2.05) is 0 Å². The molecule has 1 radical (unpaired) electrons. The minimum Gasteiger partial charge on any atom is -0.286 e. The van der Waals surface area contributed by atoms with Crippen LogP contribution in [0.1, 0.15) is 6.42 Å². The Labute approximate surface area is 71.1 Å². The van der Waals surface area contributed by atoms with Crippen molar-refractivity contribution in [3.05, 3.63) is 23.9 Å². The Morgan fingerprint density at radius 2 is 2.25 bits per heavy atom. The SMILES string of the molecule is O=S(=O)(O)CCC1=C[N+]=CC=C1. The first-order valence-corrected chi connectivity index (χ1v) is 5.03. The topological polar surface area (TPSA) is 68.5 Å². The number of aliphatic imine (C=N–C) groups is 1. The molecule has 0 amide bonds. The molecular weight excluding hydrogens is 178 g/mol. The molecule has 1 aliphatic rings. The van der Waals surface area contributed by atoms with Crippen LogP contribution >= 0.6 is 0 Å². The molecule has 0 saturated heterocycles. The summed E-state index contributed by atoms with van der Waals surface area (Å²) >= 11 is 0. The maximum absolute atomic E-state index is 10.3. The van der Waals surface area contributed by atoms with Crippen LogP contribution in [0, 0.1) is 0 Å². The van der Waals surface area contributed by atoms with Gasteiger partial charge in [0.15, 0.2) is 0 Å². The molecule has 5 heteroatoms. The molecule has 0 aromatic rings. The second-order valence-electron chi connectivity index (χ2n) is 2.40. The summed E-state index contributed by atoms with van der Waals surface area (Å²) in [5.74, 6) is -0.251. The fourth-order valence-electron chi connectivity index (χ4n) is 0.793. The van der Waals surface area contributed by atoms with Crippen molar-refractivity contribution in [2.24, 2.45) is 0 Å². The summed E-state index contributed by atoms with van der Waals surface area (Å²) in [7, 11) is -3.85. The van der Waals surface area contributed by atoms with Crippen LogP contribution in [0.5, 0.6) is 0 Å². The molecule has 1 aliphatic heterocycles. The van der Waals surface area contributed by atoms with Gasteiger partial charge in [-0.1, -0.05) is 0 Å². The molecule has 0 spiro atoms. The molecule has 0 bridgehead atoms. The minimum atomic E-state index is -3.85. The summed E-state index contributed by atoms with van der Waals surface area (Å²) in [6, 6.07) is 0. The maximum atomic E-state index is 10.3. The van der Waals surface area contributed by atoms with Crippen molar-refractivity contribution in [1.29, 1.82) is 0 Å². The van der Waals surface area contributed by atoms with Crippen LogP contribution in [0.15, 0.2) is 23.9 Å². The van der Waals surface area contributed by atoms with E-state index in [-0.39, 0.29) is 5.75 Å². The first-order chi connectivity index (χ1) is 5.58. The number of hydrogen-bond acceptors (Lipinski definition) is 3. The van der Waals surface area contributed by atoms with Gasteiger partial charge in [0.2, 0.25) is 12.4 Å². The molecule has 12 heavy (non-hydrogen) atoms. The Hall–Kier alpha value is -0.940. The van der Waals surface area contributed by atoms with Crippen LogP contribution in [-0.4, -0.2) is 24.9 Å². The molecule has 0 saturated carbocycles. The van der Waals surface area contributed by atoms with Gasteiger partial charge in [0, 0.05) is 11.6 Å². The second-order valence-corrected chi connectivity index (χ2v) is 3.97. The Bertz CT molecular complexity index is 338. The van der Waals surface area contributed by atoms with Gasteiger partial charge in [0.05, 0.1) is 10.7 Å². The summed E-state index contributed by atoms with van der Waals surface area (Å²) in [6.07, 6.45) is 6.96. The lowest BCUT2D eigenvalue weighted by Gasteiger charge is -1.95. The Morgan fingerprint density at radius 3 is 2.75 bits per heavy atom. The van der Waals surface area contributed by atoms with Gasteiger partial charge in [-0.25, -0.2) is 0 Å². The third-order valence-corrected chi connectivity index (χ3v) is 2.09. The van der Waals surface area contributed by atoms with Gasteiger partial charge < -0.3 is 0 Å². The predicted octanol–water partition coefficient (Wildman–Crippen LogP) is 0.125. The van der Waals surface area contributed by atoms with Crippen molar-refractivity contribution in [2.75, 3.05) is 5.75 Å². The zero-order chi connectivity index (χ0) is 9.03. The number of rotatable bonds is 3. The number of hydrogen-bond donors (Lipinski definition) is 1. The monoisotopic (exact) mass is 187 g/mol. The summed E-state index contributed by atoms with van der Waals surface area (Å²) in [5, 5.41) is 0. The molecule has 1 rings (SSSR count). The fourth-order valence-corrected chi connectivity index (χ4v) is 1.29. The Morgan fingerprint density at radius 1 is 1.50 bits per heavy atom. The van der Waals surface area contributed by atoms with Gasteiger partial charge in [0.25, 0.3) is 10.1 Å². The van der Waals surface area contributed by atoms with Crippen LogP contribution < -0.4 is 4.99 Å². The molecule has 0 aromatic carbocycles. The van der Waals surface area contributed by atoms with Crippen LogP contribution in [0.3, 0.4) is 0 Å². The van der Waals surface area contributed by atoms with Gasteiger partial charge in [-0.15, -0.1) is 0 Å². The van der Waals surface area contributed by atoms with E-state index in [2.05, 4.69) is 4.99 Å². The van der Waals surface area contributed by atoms with E-state index in [9.17, 15) is 8.42 Å². The molecular formula is C7H9NO3S+. The van der Waals surface area contributed by atoms with Crippen LogP contribution in [-0.2, 0) is 10.1 Å². The highest BCUT2D eigenvalue weighted by molar-refractivity contribution is 7.85. The lowest BCUT2D eigenvalue weighted by atomic mass is 10.2. The molecule has 1 N–H and O–H groups in total. The standard InChI is InChI=1S/C7H9NO3S/c9-12(10,11)5-3-7-2-1-4-8-6-7/h1-2,4,6H,3,5H2,(H,9,10,11)/q+1. The second kappa shape index (κ2) is 3.64. The Balaban J connectivity index is 2.49. The molecule has 65 valence electrons. The van der Waals surface area contributed by atoms with Crippen molar-refractivity contribution < 1.29 is 13.0 Å². The summed E-state index contributed by atoms with van der Waals surface area (Å²) in [4.78, 5) is 3.81. The predicted molar refractivity (Wildman–Crippen MR) is 46.5 cm³/mol. The molecule has 4 nitrogen and oxygen atoms in total. The lowest BCUT2D eigenvalue weighted by Crippen LogP contribution is -2.05. The zero-order valence-corrected chi connectivity index (χ0v) is 7.16. The molecule has 0 unspecified atom stereocenters. The Kier molecular flexibility index (Phi) is 2.78. The first-order valence-electron chi connectivity index (χ1n) is 3.42. The van der Waals surface area contributed by atoms with E-state index in [4.69, 9.17) is 4.55 Å². The van der Waals surface area contributed by atoms with E-state index in [1.165, 1.54) is 0 Å². The van der Waals surface area contributed by atoms with Crippen molar-refractivity contribution in [1.82, 2.24) is 4.99 Å². The average Bonchev–Trinajstić information content (AvgIpc) is 2.02. The van der Waals surface area contributed by atoms with Crippen LogP contribution in [0.2, 0.25) is 0 Å². The molecule has 0 aromatic heterocycles. The largest absolute Gasteiger partial charge is 0.286 e. The molecule has 0 atom stereocenters. The van der Waals surface area contributed by atoms with Crippen LogP contribution in [0.4, 0.5) is 0 Å². The highest BCUT2D eigenvalue weighted by Crippen LogP contribution is 2.05. The van der Waals surface area contributed by atoms with E-state index in [0.29, 0.717) is 6.42 Å². The number of nitrogens with zero attached hydrogens (tertiary/aromatic N) is 1. The van der Waals surface area contributed by atoms with Gasteiger partial charge in [-0.2, -0.15) is 8.42 Å². The van der Waals surface area contributed by atoms with E-state index < -0.39 is 10.1 Å². The van der Waals surface area contributed by atoms with E-state index in [1.54, 1.807) is 24.6 Å². The lowest BCUT2D eigenvalue weighted by molar-refractivity contribution is 0.483. The van der Waals surface area contributed by atoms with Crippen molar-refractivity contribution in [3.63, 3.8) is 0 Å². The normalized spacial score (nSPS) is 16.2. The highest BCUT2D eigenvalue weighted by Gasteiger charge is 2.08. The smallest absolute Gasteiger partial charge is 0.265 e.